The van der Waals surface area contributed by atoms with Crippen LogP contribution in [0.2, 0.25) is 0 Å². The Labute approximate surface area is 206 Å². The number of amides is 2. The van der Waals surface area contributed by atoms with E-state index in [1.165, 1.54) is 4.90 Å². The van der Waals surface area contributed by atoms with Crippen molar-refractivity contribution in [3.63, 3.8) is 0 Å². The number of fused-ring (bicyclic) bond motifs is 1. The highest BCUT2D eigenvalue weighted by atomic mass is 16.5. The van der Waals surface area contributed by atoms with E-state index in [2.05, 4.69) is 21.7 Å². The van der Waals surface area contributed by atoms with Crippen LogP contribution in [-0.4, -0.2) is 74.1 Å². The van der Waals surface area contributed by atoms with Crippen molar-refractivity contribution < 1.29 is 19.1 Å². The Morgan fingerprint density at radius 2 is 1.74 bits per heavy atom. The predicted molar refractivity (Wildman–Crippen MR) is 136 cm³/mol. The molecule has 2 aromatic carbocycles. The fourth-order valence-corrected chi connectivity index (χ4v) is 4.88. The molecule has 1 fully saturated rings. The van der Waals surface area contributed by atoms with Crippen molar-refractivity contribution in [1.29, 1.82) is 0 Å². The maximum absolute atomic E-state index is 12.5. The lowest BCUT2D eigenvalue weighted by atomic mass is 10.0. The lowest BCUT2D eigenvalue weighted by molar-refractivity contribution is 0.0823. The summed E-state index contributed by atoms with van der Waals surface area (Å²) in [5, 5.41) is 1.12. The summed E-state index contributed by atoms with van der Waals surface area (Å²) in [6.07, 6.45) is 4.97. The summed E-state index contributed by atoms with van der Waals surface area (Å²) in [6, 6.07) is 11.8. The molecular formula is C27H34N4O4. The van der Waals surface area contributed by atoms with Crippen LogP contribution >= 0.6 is 0 Å². The van der Waals surface area contributed by atoms with Gasteiger partial charge in [0.1, 0.15) is 11.5 Å². The van der Waals surface area contributed by atoms with Gasteiger partial charge in [-0.05, 0) is 60.5 Å². The molecule has 3 aromatic rings. The van der Waals surface area contributed by atoms with Gasteiger partial charge in [-0.25, -0.2) is 0 Å². The number of aromatic nitrogens is 1. The van der Waals surface area contributed by atoms with E-state index in [4.69, 9.17) is 15.2 Å². The molecule has 2 N–H and O–H groups in total. The minimum Gasteiger partial charge on any atom is -0.496 e. The smallest absolute Gasteiger partial charge is 0.257 e. The second-order valence-corrected chi connectivity index (χ2v) is 9.25. The topological polar surface area (TPSA) is 90.0 Å². The summed E-state index contributed by atoms with van der Waals surface area (Å²) in [5.74, 6) is 0.748. The number of hydrogen-bond donors (Lipinski definition) is 1. The van der Waals surface area contributed by atoms with E-state index in [1.54, 1.807) is 40.4 Å². The zero-order valence-corrected chi connectivity index (χ0v) is 20.9. The number of nitrogens with two attached hydrogens (primary N) is 1. The first-order valence-corrected chi connectivity index (χ1v) is 11.9. The normalized spacial score (nSPS) is 14.7. The molecule has 2 heterocycles. The van der Waals surface area contributed by atoms with Crippen LogP contribution in [0.15, 0.2) is 42.6 Å². The van der Waals surface area contributed by atoms with Crippen molar-refractivity contribution in [1.82, 2.24) is 14.4 Å². The molecule has 1 aliphatic heterocycles. The minimum absolute atomic E-state index is 0.116. The van der Waals surface area contributed by atoms with Gasteiger partial charge in [-0.2, -0.15) is 0 Å². The van der Waals surface area contributed by atoms with Gasteiger partial charge in [0, 0.05) is 57.0 Å². The zero-order chi connectivity index (χ0) is 25.1. The van der Waals surface area contributed by atoms with Crippen LogP contribution in [0.1, 0.15) is 45.2 Å². The van der Waals surface area contributed by atoms with Crippen molar-refractivity contribution in [3.8, 4) is 11.5 Å². The Balaban J connectivity index is 1.42. The van der Waals surface area contributed by atoms with Crippen molar-refractivity contribution >= 4 is 22.7 Å². The molecule has 8 heteroatoms. The van der Waals surface area contributed by atoms with E-state index in [-0.39, 0.29) is 5.91 Å². The second-order valence-electron chi connectivity index (χ2n) is 9.25. The zero-order valence-electron chi connectivity index (χ0n) is 20.9. The molecule has 0 unspecified atom stereocenters. The molecule has 0 aliphatic carbocycles. The Hall–Kier alpha value is -3.52. The van der Waals surface area contributed by atoms with Gasteiger partial charge in [0.2, 0.25) is 5.91 Å². The summed E-state index contributed by atoms with van der Waals surface area (Å²) in [4.78, 5) is 28.1. The average molecular weight is 479 g/mol. The third-order valence-electron chi connectivity index (χ3n) is 6.89. The minimum atomic E-state index is -0.402. The van der Waals surface area contributed by atoms with E-state index in [0.29, 0.717) is 28.7 Å². The Morgan fingerprint density at radius 1 is 1.03 bits per heavy atom. The second kappa shape index (κ2) is 10.4. The van der Waals surface area contributed by atoms with Crippen LogP contribution in [0, 0.1) is 0 Å². The maximum Gasteiger partial charge on any atom is 0.257 e. The number of primary amides is 1. The van der Waals surface area contributed by atoms with Crippen molar-refractivity contribution in [3.05, 3.63) is 59.3 Å². The number of benzene rings is 2. The maximum atomic E-state index is 12.5. The van der Waals surface area contributed by atoms with Gasteiger partial charge in [0.25, 0.3) is 5.91 Å². The van der Waals surface area contributed by atoms with Gasteiger partial charge in [-0.15, -0.1) is 0 Å². The molecule has 2 amide bonds. The van der Waals surface area contributed by atoms with Crippen molar-refractivity contribution in [2.45, 2.75) is 25.3 Å². The van der Waals surface area contributed by atoms with Crippen LogP contribution < -0.4 is 15.2 Å². The van der Waals surface area contributed by atoms with E-state index in [9.17, 15) is 9.59 Å². The quantitative estimate of drug-likeness (QED) is 0.536. The molecule has 0 spiro atoms. The standard InChI is InChI=1S/C27H34N4O4/c1-29(2)27(33)22-17-24(34-3)19(16-25(22)35-4)7-11-30-12-9-21(10-13-30)31-14-8-18-5-6-20(26(28)32)15-23(18)31/h5-6,8,14-17,21H,7,9-13H2,1-4H3,(H2,28,32). The number of piperidine rings is 1. The third kappa shape index (κ3) is 5.12. The monoisotopic (exact) mass is 478 g/mol. The highest BCUT2D eigenvalue weighted by molar-refractivity contribution is 5.97. The molecule has 0 radical (unpaired) electrons. The van der Waals surface area contributed by atoms with Crippen LogP contribution in [0.5, 0.6) is 11.5 Å². The van der Waals surface area contributed by atoms with Gasteiger partial charge >= 0.3 is 0 Å². The lowest BCUT2D eigenvalue weighted by Crippen LogP contribution is -2.35. The Morgan fingerprint density at radius 3 is 2.37 bits per heavy atom. The fourth-order valence-electron chi connectivity index (χ4n) is 4.88. The van der Waals surface area contributed by atoms with E-state index >= 15 is 0 Å². The molecule has 4 rings (SSSR count). The van der Waals surface area contributed by atoms with E-state index in [0.717, 1.165) is 55.4 Å². The van der Waals surface area contributed by atoms with Gasteiger partial charge in [-0.1, -0.05) is 6.07 Å². The van der Waals surface area contributed by atoms with Crippen molar-refractivity contribution in [2.75, 3.05) is 47.9 Å². The first-order chi connectivity index (χ1) is 16.8. The fraction of sp³-hybridized carbons (Fsp3) is 0.407. The number of nitrogens with zero attached hydrogens (tertiary/aromatic N) is 3. The molecule has 0 bridgehead atoms. The van der Waals surface area contributed by atoms with Crippen LogP contribution in [0.3, 0.4) is 0 Å². The lowest BCUT2D eigenvalue weighted by Gasteiger charge is -2.33. The number of hydrogen-bond acceptors (Lipinski definition) is 5. The van der Waals surface area contributed by atoms with Crippen LogP contribution in [0.4, 0.5) is 0 Å². The van der Waals surface area contributed by atoms with Gasteiger partial charge < -0.3 is 29.6 Å². The molecule has 1 aliphatic rings. The largest absolute Gasteiger partial charge is 0.496 e. The number of rotatable bonds is 8. The number of carbonyl (C=O) groups excluding carboxylic acids is 2. The van der Waals surface area contributed by atoms with Gasteiger partial charge in [0.15, 0.2) is 0 Å². The SMILES string of the molecule is COc1cc(C(=O)N(C)C)c(OC)cc1CCN1CCC(n2ccc3ccc(C(N)=O)cc32)CC1. The van der Waals surface area contributed by atoms with Crippen LogP contribution in [-0.2, 0) is 6.42 Å². The number of methoxy groups -OCH3 is 2. The molecular weight excluding hydrogens is 444 g/mol. The average Bonchev–Trinajstić information content (AvgIpc) is 3.30. The summed E-state index contributed by atoms with van der Waals surface area (Å²) < 4.78 is 13.4. The van der Waals surface area contributed by atoms with Gasteiger partial charge in [-0.3, -0.25) is 9.59 Å². The molecule has 0 atom stereocenters. The molecule has 186 valence electrons. The number of likely N-dealkylation sites (tertiary alicyclic amines) is 1. The highest BCUT2D eigenvalue weighted by Gasteiger charge is 2.23. The van der Waals surface area contributed by atoms with Crippen LogP contribution in [0.25, 0.3) is 10.9 Å². The Kier molecular flexibility index (Phi) is 7.31. The van der Waals surface area contributed by atoms with Crippen molar-refractivity contribution in [2.24, 2.45) is 5.73 Å². The van der Waals surface area contributed by atoms with Gasteiger partial charge in [0.05, 0.1) is 19.8 Å². The Bertz CT molecular complexity index is 1230. The number of carbonyl (C=O) groups is 2. The summed E-state index contributed by atoms with van der Waals surface area (Å²) in [5.41, 5.74) is 8.61. The molecule has 1 saturated heterocycles. The first-order valence-electron chi connectivity index (χ1n) is 11.9. The molecule has 0 saturated carbocycles. The summed E-state index contributed by atoms with van der Waals surface area (Å²) in [7, 11) is 6.66. The molecule has 35 heavy (non-hydrogen) atoms. The molecule has 1 aromatic heterocycles. The molecule has 8 nitrogen and oxygen atoms in total. The predicted octanol–water partition coefficient (Wildman–Crippen LogP) is 3.34. The highest BCUT2D eigenvalue weighted by Crippen LogP contribution is 2.32. The third-order valence-corrected chi connectivity index (χ3v) is 6.89. The summed E-state index contributed by atoms with van der Waals surface area (Å²) in [6.45, 7) is 2.86. The van der Waals surface area contributed by atoms with E-state index in [1.807, 2.05) is 18.2 Å². The first kappa shape index (κ1) is 24.6. The number of ether oxygens (including phenoxy) is 2. The summed E-state index contributed by atoms with van der Waals surface area (Å²) >= 11 is 0. The van der Waals surface area contributed by atoms with E-state index < -0.39 is 5.91 Å².